The maximum absolute atomic E-state index is 13.5. The summed E-state index contributed by atoms with van der Waals surface area (Å²) in [4.78, 5) is 0. The Labute approximate surface area is 111 Å². The molecule has 0 fully saturated rings. The van der Waals surface area contributed by atoms with Crippen LogP contribution in [0.3, 0.4) is 0 Å². The minimum Gasteiger partial charge on any atom is -0.457 e. The number of hydrogen-bond acceptors (Lipinski definition) is 1. The van der Waals surface area contributed by atoms with Crippen molar-refractivity contribution in [3.63, 3.8) is 0 Å². The first-order chi connectivity index (χ1) is 9.02. The molecule has 0 aliphatic heterocycles. The molecule has 0 N–H and O–H groups in total. The molecule has 0 saturated carbocycles. The topological polar surface area (TPSA) is 9.23 Å². The summed E-state index contributed by atoms with van der Waals surface area (Å²) in [5.41, 5.74) is 0.895. The summed E-state index contributed by atoms with van der Waals surface area (Å²) in [7, 11) is 0. The molecular weight excluding hydrogens is 246 g/mol. The fourth-order valence-corrected chi connectivity index (χ4v) is 1.91. The number of hydrogen-bond donors (Lipinski definition) is 0. The highest BCUT2D eigenvalue weighted by molar-refractivity contribution is 5.34. The van der Waals surface area contributed by atoms with Gasteiger partial charge in [0.25, 0.3) is 0 Å². The van der Waals surface area contributed by atoms with Crippen LogP contribution in [0.2, 0.25) is 0 Å². The van der Waals surface area contributed by atoms with Crippen LogP contribution < -0.4 is 4.74 Å². The van der Waals surface area contributed by atoms with E-state index in [1.807, 2.05) is 6.07 Å². The van der Waals surface area contributed by atoms with Gasteiger partial charge < -0.3 is 4.74 Å². The van der Waals surface area contributed by atoms with Crippen LogP contribution in [0.1, 0.15) is 19.4 Å². The second-order valence-corrected chi connectivity index (χ2v) is 4.95. The standard InChI is InChI=1S/C16H16F2O/c1-11(2)7-12-8-14(18)10-16(9-12)19-15-5-3-13(17)4-6-15/h3-6,8-11H,7H2,1-2H3. The Morgan fingerprint density at radius 1 is 0.895 bits per heavy atom. The van der Waals surface area contributed by atoms with Crippen LogP contribution in [0.25, 0.3) is 0 Å². The molecule has 2 aromatic rings. The van der Waals surface area contributed by atoms with Crippen LogP contribution in [-0.2, 0) is 6.42 Å². The lowest BCUT2D eigenvalue weighted by atomic mass is 10.0. The van der Waals surface area contributed by atoms with Gasteiger partial charge in [0, 0.05) is 6.07 Å². The average Bonchev–Trinajstić information content (AvgIpc) is 2.30. The van der Waals surface area contributed by atoms with E-state index >= 15 is 0 Å². The molecule has 0 spiro atoms. The zero-order chi connectivity index (χ0) is 13.8. The molecule has 100 valence electrons. The summed E-state index contributed by atoms with van der Waals surface area (Å²) >= 11 is 0. The summed E-state index contributed by atoms with van der Waals surface area (Å²) < 4.78 is 31.8. The molecule has 19 heavy (non-hydrogen) atoms. The van der Waals surface area contributed by atoms with Gasteiger partial charge in [-0.3, -0.25) is 0 Å². The van der Waals surface area contributed by atoms with E-state index in [0.29, 0.717) is 17.4 Å². The first kappa shape index (κ1) is 13.5. The van der Waals surface area contributed by atoms with Crippen molar-refractivity contribution < 1.29 is 13.5 Å². The normalized spacial score (nSPS) is 10.8. The van der Waals surface area contributed by atoms with E-state index in [-0.39, 0.29) is 11.6 Å². The monoisotopic (exact) mass is 262 g/mol. The maximum atomic E-state index is 13.5. The van der Waals surface area contributed by atoms with Gasteiger partial charge in [0.15, 0.2) is 0 Å². The smallest absolute Gasteiger partial charge is 0.130 e. The summed E-state index contributed by atoms with van der Waals surface area (Å²) in [6.07, 6.45) is 0.789. The van der Waals surface area contributed by atoms with Crippen molar-refractivity contribution in [2.24, 2.45) is 5.92 Å². The molecule has 2 aromatic carbocycles. The molecule has 2 rings (SSSR count). The van der Waals surface area contributed by atoms with Crippen molar-refractivity contribution in [3.05, 3.63) is 59.7 Å². The number of rotatable bonds is 4. The summed E-state index contributed by atoms with van der Waals surface area (Å²) in [5, 5.41) is 0. The summed E-state index contributed by atoms with van der Waals surface area (Å²) in [6, 6.07) is 10.3. The predicted molar refractivity (Wildman–Crippen MR) is 71.4 cm³/mol. The Morgan fingerprint density at radius 3 is 2.21 bits per heavy atom. The van der Waals surface area contributed by atoms with Crippen molar-refractivity contribution in [3.8, 4) is 11.5 Å². The minimum atomic E-state index is -0.327. The van der Waals surface area contributed by atoms with E-state index in [0.717, 1.165) is 12.0 Å². The lowest BCUT2D eigenvalue weighted by molar-refractivity contribution is 0.473. The largest absolute Gasteiger partial charge is 0.457 e. The molecule has 0 bridgehead atoms. The van der Waals surface area contributed by atoms with Crippen molar-refractivity contribution in [1.29, 1.82) is 0 Å². The van der Waals surface area contributed by atoms with E-state index in [4.69, 9.17) is 4.74 Å². The van der Waals surface area contributed by atoms with E-state index < -0.39 is 0 Å². The second kappa shape index (κ2) is 5.83. The Balaban J connectivity index is 2.19. The van der Waals surface area contributed by atoms with Crippen LogP contribution in [0.5, 0.6) is 11.5 Å². The molecule has 0 aromatic heterocycles. The summed E-state index contributed by atoms with van der Waals surface area (Å²) in [5.74, 6) is 0.715. The van der Waals surface area contributed by atoms with E-state index in [1.54, 1.807) is 0 Å². The van der Waals surface area contributed by atoms with Crippen molar-refractivity contribution in [1.82, 2.24) is 0 Å². The van der Waals surface area contributed by atoms with Crippen LogP contribution in [0.4, 0.5) is 8.78 Å². The van der Waals surface area contributed by atoms with Crippen LogP contribution in [-0.4, -0.2) is 0 Å². The lowest BCUT2D eigenvalue weighted by Crippen LogP contribution is -1.96. The van der Waals surface area contributed by atoms with E-state index in [2.05, 4.69) is 13.8 Å². The third-order valence-corrected chi connectivity index (χ3v) is 2.62. The van der Waals surface area contributed by atoms with Gasteiger partial charge in [-0.2, -0.15) is 0 Å². The van der Waals surface area contributed by atoms with Gasteiger partial charge in [-0.05, 0) is 54.3 Å². The highest BCUT2D eigenvalue weighted by Crippen LogP contribution is 2.24. The third-order valence-electron chi connectivity index (χ3n) is 2.62. The van der Waals surface area contributed by atoms with Crippen LogP contribution in [0.15, 0.2) is 42.5 Å². The lowest BCUT2D eigenvalue weighted by Gasteiger charge is -2.10. The van der Waals surface area contributed by atoms with Gasteiger partial charge in [0.2, 0.25) is 0 Å². The zero-order valence-electron chi connectivity index (χ0n) is 11.0. The molecular formula is C16H16F2O. The van der Waals surface area contributed by atoms with Gasteiger partial charge in [-0.1, -0.05) is 13.8 Å². The first-order valence-corrected chi connectivity index (χ1v) is 6.26. The zero-order valence-corrected chi connectivity index (χ0v) is 11.0. The number of benzene rings is 2. The predicted octanol–water partition coefficient (Wildman–Crippen LogP) is 4.96. The molecule has 0 heterocycles. The maximum Gasteiger partial charge on any atom is 0.130 e. The number of halogens is 2. The average molecular weight is 262 g/mol. The molecule has 0 radical (unpaired) electrons. The van der Waals surface area contributed by atoms with Crippen molar-refractivity contribution in [2.45, 2.75) is 20.3 Å². The molecule has 0 atom stereocenters. The highest BCUT2D eigenvalue weighted by atomic mass is 19.1. The first-order valence-electron chi connectivity index (χ1n) is 6.26. The van der Waals surface area contributed by atoms with Gasteiger partial charge in [0.1, 0.15) is 23.1 Å². The molecule has 0 amide bonds. The SMILES string of the molecule is CC(C)Cc1cc(F)cc(Oc2ccc(F)cc2)c1. The molecule has 0 aliphatic carbocycles. The molecule has 1 nitrogen and oxygen atoms in total. The van der Waals surface area contributed by atoms with E-state index in [1.165, 1.54) is 36.4 Å². The van der Waals surface area contributed by atoms with Gasteiger partial charge >= 0.3 is 0 Å². The quantitative estimate of drug-likeness (QED) is 0.757. The van der Waals surface area contributed by atoms with Crippen LogP contribution >= 0.6 is 0 Å². The van der Waals surface area contributed by atoms with Gasteiger partial charge in [-0.15, -0.1) is 0 Å². The molecule has 0 unspecified atom stereocenters. The van der Waals surface area contributed by atoms with Gasteiger partial charge in [-0.25, -0.2) is 8.78 Å². The molecule has 0 saturated heterocycles. The number of ether oxygens (including phenoxy) is 1. The van der Waals surface area contributed by atoms with E-state index in [9.17, 15) is 8.78 Å². The Bertz CT molecular complexity index is 547. The minimum absolute atomic E-state index is 0.324. The third kappa shape index (κ3) is 4.05. The summed E-state index contributed by atoms with van der Waals surface area (Å²) in [6.45, 7) is 4.15. The van der Waals surface area contributed by atoms with Crippen molar-refractivity contribution in [2.75, 3.05) is 0 Å². The Kier molecular flexibility index (Phi) is 4.15. The Hall–Kier alpha value is -1.90. The fourth-order valence-electron chi connectivity index (χ4n) is 1.91. The molecule has 3 heteroatoms. The fraction of sp³-hybridized carbons (Fsp3) is 0.250. The van der Waals surface area contributed by atoms with Crippen LogP contribution in [0, 0.1) is 17.6 Å². The highest BCUT2D eigenvalue weighted by Gasteiger charge is 2.05. The second-order valence-electron chi connectivity index (χ2n) is 4.95. The van der Waals surface area contributed by atoms with Gasteiger partial charge in [0.05, 0.1) is 0 Å². The molecule has 0 aliphatic rings. The Morgan fingerprint density at radius 2 is 1.58 bits per heavy atom. The van der Waals surface area contributed by atoms with Crippen molar-refractivity contribution >= 4 is 0 Å².